The number of hydrogen-bond donors (Lipinski definition) is 1. The molecule has 0 bridgehead atoms. The van der Waals surface area contributed by atoms with E-state index in [9.17, 15) is 9.90 Å². The number of fused-ring (bicyclic) bond motifs is 1. The van der Waals surface area contributed by atoms with Gasteiger partial charge in [-0.15, -0.1) is 0 Å². The maximum Gasteiger partial charge on any atom is 0.335 e. The van der Waals surface area contributed by atoms with Crippen molar-refractivity contribution < 1.29 is 9.90 Å². The zero-order valence-electron chi connectivity index (χ0n) is 19.8. The van der Waals surface area contributed by atoms with Crippen LogP contribution in [-0.4, -0.2) is 65.2 Å². The van der Waals surface area contributed by atoms with Crippen LogP contribution in [0.3, 0.4) is 0 Å². The Morgan fingerprint density at radius 3 is 2.44 bits per heavy atom. The highest BCUT2D eigenvalue weighted by atomic mass is 16.4. The number of carboxylic acid groups (broad SMARTS) is 1. The molecule has 3 aromatic rings. The van der Waals surface area contributed by atoms with Gasteiger partial charge >= 0.3 is 5.97 Å². The SMILES string of the molecule is Cc1c(C)n(CC(C)CN2CCN(C)CC2)c2ccc(Cc3cccc(C(=O)O)c3)cc12. The molecule has 1 aliphatic rings. The Morgan fingerprint density at radius 1 is 1.00 bits per heavy atom. The Hall–Kier alpha value is -2.63. The molecule has 0 aliphatic carbocycles. The summed E-state index contributed by atoms with van der Waals surface area (Å²) in [4.78, 5) is 16.3. The van der Waals surface area contributed by atoms with Crippen LogP contribution in [0.15, 0.2) is 42.5 Å². The largest absolute Gasteiger partial charge is 0.478 e. The molecule has 5 heteroatoms. The second-order valence-corrected chi connectivity index (χ2v) is 9.56. The van der Waals surface area contributed by atoms with Crippen molar-refractivity contribution in [1.82, 2.24) is 14.4 Å². The molecule has 0 amide bonds. The van der Waals surface area contributed by atoms with Gasteiger partial charge in [0.2, 0.25) is 0 Å². The maximum atomic E-state index is 11.3. The molecule has 2 aromatic carbocycles. The predicted octanol–water partition coefficient (Wildman–Crippen LogP) is 4.43. The van der Waals surface area contributed by atoms with E-state index in [0.717, 1.165) is 51.3 Å². The van der Waals surface area contributed by atoms with Gasteiger partial charge in [-0.25, -0.2) is 4.79 Å². The summed E-state index contributed by atoms with van der Waals surface area (Å²) in [6, 6.07) is 14.0. The first-order chi connectivity index (χ1) is 15.3. The highest BCUT2D eigenvalue weighted by Crippen LogP contribution is 2.28. The third kappa shape index (κ3) is 4.89. The first-order valence-corrected chi connectivity index (χ1v) is 11.6. The summed E-state index contributed by atoms with van der Waals surface area (Å²) in [6.45, 7) is 13.6. The summed E-state index contributed by atoms with van der Waals surface area (Å²) in [5.41, 5.74) is 6.57. The van der Waals surface area contributed by atoms with E-state index in [1.165, 1.54) is 27.7 Å². The summed E-state index contributed by atoms with van der Waals surface area (Å²) in [5, 5.41) is 10.6. The molecule has 1 saturated heterocycles. The minimum atomic E-state index is -0.878. The number of aromatic nitrogens is 1. The average molecular weight is 434 g/mol. The van der Waals surface area contributed by atoms with Crippen molar-refractivity contribution in [2.24, 2.45) is 5.92 Å². The van der Waals surface area contributed by atoms with E-state index in [1.54, 1.807) is 12.1 Å². The van der Waals surface area contributed by atoms with Crippen LogP contribution in [0.2, 0.25) is 0 Å². The Labute approximate surface area is 191 Å². The lowest BCUT2D eigenvalue weighted by Crippen LogP contribution is -2.46. The predicted molar refractivity (Wildman–Crippen MR) is 131 cm³/mol. The van der Waals surface area contributed by atoms with Crippen molar-refractivity contribution in [1.29, 1.82) is 0 Å². The van der Waals surface area contributed by atoms with Gasteiger partial charge in [-0.3, -0.25) is 0 Å². The van der Waals surface area contributed by atoms with E-state index in [4.69, 9.17) is 0 Å². The fourth-order valence-electron chi connectivity index (χ4n) is 4.93. The molecule has 0 radical (unpaired) electrons. The fourth-order valence-corrected chi connectivity index (χ4v) is 4.93. The van der Waals surface area contributed by atoms with Crippen LogP contribution in [0.4, 0.5) is 0 Å². The molecule has 170 valence electrons. The molecule has 1 fully saturated rings. The number of hydrogen-bond acceptors (Lipinski definition) is 3. The summed E-state index contributed by atoms with van der Waals surface area (Å²) in [6.07, 6.45) is 0.737. The molecule has 1 unspecified atom stereocenters. The van der Waals surface area contributed by atoms with Gasteiger partial charge in [0, 0.05) is 55.9 Å². The number of benzene rings is 2. The van der Waals surface area contributed by atoms with Crippen molar-refractivity contribution >= 4 is 16.9 Å². The van der Waals surface area contributed by atoms with E-state index < -0.39 is 5.97 Å². The first kappa shape index (κ1) is 22.6. The molecular weight excluding hydrogens is 398 g/mol. The molecule has 1 aliphatic heterocycles. The highest BCUT2D eigenvalue weighted by molar-refractivity contribution is 5.88. The van der Waals surface area contributed by atoms with Gasteiger partial charge < -0.3 is 19.5 Å². The lowest BCUT2D eigenvalue weighted by Gasteiger charge is -2.34. The standard InChI is InChI=1S/C27H35N3O2/c1-19(17-29-12-10-28(4)11-13-29)18-30-21(3)20(2)25-16-23(8-9-26(25)30)14-22-6-5-7-24(15-22)27(31)32/h5-9,15-16,19H,10-14,17-18H2,1-4H3,(H,31,32). The van der Waals surface area contributed by atoms with Crippen LogP contribution in [0.5, 0.6) is 0 Å². The second-order valence-electron chi connectivity index (χ2n) is 9.56. The lowest BCUT2D eigenvalue weighted by molar-refractivity contribution is 0.0696. The van der Waals surface area contributed by atoms with Gasteiger partial charge in [-0.2, -0.15) is 0 Å². The third-order valence-electron chi connectivity index (χ3n) is 6.95. The van der Waals surface area contributed by atoms with Crippen LogP contribution in [-0.2, 0) is 13.0 Å². The van der Waals surface area contributed by atoms with Crippen LogP contribution in [0.25, 0.3) is 10.9 Å². The maximum absolute atomic E-state index is 11.3. The van der Waals surface area contributed by atoms with Crippen LogP contribution in [0.1, 0.15) is 39.7 Å². The zero-order chi connectivity index (χ0) is 22.8. The Bertz CT molecular complexity index is 1110. The molecule has 1 N–H and O–H groups in total. The first-order valence-electron chi connectivity index (χ1n) is 11.6. The normalized spacial score (nSPS) is 16.5. The van der Waals surface area contributed by atoms with E-state index in [2.05, 4.69) is 60.4 Å². The number of piperazine rings is 1. The molecule has 5 nitrogen and oxygen atoms in total. The molecule has 1 aromatic heterocycles. The van der Waals surface area contributed by atoms with Crippen molar-refractivity contribution in [3.63, 3.8) is 0 Å². The summed E-state index contributed by atoms with van der Waals surface area (Å²) >= 11 is 0. The Kier molecular flexibility index (Phi) is 6.68. The monoisotopic (exact) mass is 433 g/mol. The fraction of sp³-hybridized carbons (Fsp3) is 0.444. The number of rotatable bonds is 7. The second kappa shape index (κ2) is 9.47. The van der Waals surface area contributed by atoms with Gasteiger partial charge in [0.1, 0.15) is 0 Å². The van der Waals surface area contributed by atoms with Crippen LogP contribution < -0.4 is 0 Å². The van der Waals surface area contributed by atoms with Crippen molar-refractivity contribution in [3.05, 3.63) is 70.4 Å². The minimum Gasteiger partial charge on any atom is -0.478 e. The van der Waals surface area contributed by atoms with Gasteiger partial charge in [0.25, 0.3) is 0 Å². The third-order valence-corrected chi connectivity index (χ3v) is 6.95. The van der Waals surface area contributed by atoms with Gasteiger partial charge in [0.15, 0.2) is 0 Å². The number of nitrogens with zero attached hydrogens (tertiary/aromatic N) is 3. The van der Waals surface area contributed by atoms with Gasteiger partial charge in [0.05, 0.1) is 5.56 Å². The summed E-state index contributed by atoms with van der Waals surface area (Å²) in [5.74, 6) is -0.290. The molecule has 1 atom stereocenters. The smallest absolute Gasteiger partial charge is 0.335 e. The van der Waals surface area contributed by atoms with E-state index in [1.807, 2.05) is 12.1 Å². The molecule has 32 heavy (non-hydrogen) atoms. The summed E-state index contributed by atoms with van der Waals surface area (Å²) in [7, 11) is 2.20. The van der Waals surface area contributed by atoms with E-state index in [-0.39, 0.29) is 0 Å². The number of carboxylic acids is 1. The number of aromatic carboxylic acids is 1. The van der Waals surface area contributed by atoms with Crippen molar-refractivity contribution in [2.45, 2.75) is 33.7 Å². The van der Waals surface area contributed by atoms with E-state index >= 15 is 0 Å². The average Bonchev–Trinajstić information content (AvgIpc) is 3.00. The molecule has 2 heterocycles. The molecular formula is C27H35N3O2. The molecule has 0 saturated carbocycles. The lowest BCUT2D eigenvalue weighted by atomic mass is 10.0. The quantitative estimate of drug-likeness (QED) is 0.599. The molecule has 4 rings (SSSR count). The Morgan fingerprint density at radius 2 is 1.72 bits per heavy atom. The van der Waals surface area contributed by atoms with Crippen molar-refractivity contribution in [3.8, 4) is 0 Å². The van der Waals surface area contributed by atoms with Gasteiger partial charge in [-0.05, 0) is 74.2 Å². The number of likely N-dealkylation sites (N-methyl/N-ethyl adjacent to an activating group) is 1. The summed E-state index contributed by atoms with van der Waals surface area (Å²) < 4.78 is 2.49. The van der Waals surface area contributed by atoms with E-state index in [0.29, 0.717) is 11.5 Å². The Balaban J connectivity index is 1.52. The number of aryl methyl sites for hydroxylation is 1. The molecule has 0 spiro atoms. The van der Waals surface area contributed by atoms with Gasteiger partial charge in [-0.1, -0.05) is 25.1 Å². The number of carbonyl (C=O) groups is 1. The zero-order valence-corrected chi connectivity index (χ0v) is 19.8. The van der Waals surface area contributed by atoms with Crippen molar-refractivity contribution in [2.75, 3.05) is 39.8 Å². The van der Waals surface area contributed by atoms with Crippen LogP contribution in [0, 0.1) is 19.8 Å². The minimum absolute atomic E-state index is 0.344. The van der Waals surface area contributed by atoms with Crippen LogP contribution >= 0.6 is 0 Å². The highest BCUT2D eigenvalue weighted by Gasteiger charge is 2.18. The topological polar surface area (TPSA) is 48.7 Å².